The summed E-state index contributed by atoms with van der Waals surface area (Å²) < 4.78 is 7.52. The number of hydrazine groups is 1. The predicted octanol–water partition coefficient (Wildman–Crippen LogP) is 1.42. The smallest absolute Gasteiger partial charge is 0.253 e. The van der Waals surface area contributed by atoms with Gasteiger partial charge in [0.15, 0.2) is 0 Å². The van der Waals surface area contributed by atoms with E-state index >= 15 is 0 Å². The van der Waals surface area contributed by atoms with Crippen molar-refractivity contribution in [3.63, 3.8) is 0 Å². The molecule has 1 amide bonds. The number of nitrogens with zero attached hydrogens (tertiary/aromatic N) is 1. The first-order valence-electron chi connectivity index (χ1n) is 5.96. The molecule has 0 spiro atoms. The highest BCUT2D eigenvalue weighted by molar-refractivity contribution is 5.88. The summed E-state index contributed by atoms with van der Waals surface area (Å²) in [6, 6.07) is 7.76. The van der Waals surface area contributed by atoms with Crippen molar-refractivity contribution in [1.82, 2.24) is 9.99 Å². The quantitative estimate of drug-likeness (QED) is 0.477. The van der Waals surface area contributed by atoms with Gasteiger partial charge in [-0.2, -0.15) is 0 Å². The van der Waals surface area contributed by atoms with Gasteiger partial charge in [-0.3, -0.25) is 10.2 Å². The number of hydrogen-bond acceptors (Lipinski definition) is 3. The fraction of sp³-hybridized carbons (Fsp3) is 0.308. The zero-order valence-corrected chi connectivity index (χ0v) is 10.3. The first-order valence-corrected chi connectivity index (χ1v) is 5.96. The Morgan fingerprint density at radius 3 is 3.00 bits per heavy atom. The van der Waals surface area contributed by atoms with E-state index in [1.165, 1.54) is 0 Å². The maximum Gasteiger partial charge on any atom is 0.253 e. The molecule has 5 heteroatoms. The zero-order valence-electron chi connectivity index (χ0n) is 10.3. The number of aromatic nitrogens is 1. The number of nitrogens with two attached hydrogens (primary N) is 1. The third-order valence-corrected chi connectivity index (χ3v) is 2.71. The summed E-state index contributed by atoms with van der Waals surface area (Å²) in [7, 11) is 0. The summed E-state index contributed by atoms with van der Waals surface area (Å²) in [6.45, 7) is 2.96. The first kappa shape index (κ1) is 12.4. The van der Waals surface area contributed by atoms with Crippen molar-refractivity contribution in [3.05, 3.63) is 30.5 Å². The van der Waals surface area contributed by atoms with Crippen LogP contribution in [0.2, 0.25) is 0 Å². The van der Waals surface area contributed by atoms with Crippen molar-refractivity contribution in [2.24, 2.45) is 5.84 Å². The SMILES string of the molecule is CCCOc1cccc2c1ccn2CC(=O)NN. The Morgan fingerprint density at radius 1 is 1.44 bits per heavy atom. The molecule has 0 unspecified atom stereocenters. The van der Waals surface area contributed by atoms with Crippen LogP contribution < -0.4 is 16.0 Å². The molecule has 1 heterocycles. The van der Waals surface area contributed by atoms with Crippen LogP contribution in [0, 0.1) is 0 Å². The number of nitrogens with one attached hydrogen (secondary N) is 1. The number of carbonyl (C=O) groups excluding carboxylic acids is 1. The molecule has 96 valence electrons. The largest absolute Gasteiger partial charge is 0.493 e. The number of amides is 1. The van der Waals surface area contributed by atoms with Crippen LogP contribution in [0.15, 0.2) is 30.5 Å². The molecule has 2 aromatic rings. The molecular formula is C13H17N3O2. The highest BCUT2D eigenvalue weighted by Crippen LogP contribution is 2.26. The molecule has 0 radical (unpaired) electrons. The van der Waals surface area contributed by atoms with E-state index in [0.29, 0.717) is 6.61 Å². The minimum absolute atomic E-state index is 0.206. The standard InChI is InChI=1S/C13H17N3O2/c1-2-8-18-12-5-3-4-11-10(12)6-7-16(11)9-13(17)15-14/h3-7H,2,8-9,14H2,1H3,(H,15,17). The van der Waals surface area contributed by atoms with E-state index in [2.05, 4.69) is 12.3 Å². The number of fused-ring (bicyclic) bond motifs is 1. The molecule has 0 aliphatic carbocycles. The van der Waals surface area contributed by atoms with Gasteiger partial charge in [0.05, 0.1) is 12.1 Å². The topological polar surface area (TPSA) is 69.3 Å². The van der Waals surface area contributed by atoms with Gasteiger partial charge in [0.25, 0.3) is 5.91 Å². The monoisotopic (exact) mass is 247 g/mol. The van der Waals surface area contributed by atoms with Crippen LogP contribution in [-0.2, 0) is 11.3 Å². The van der Waals surface area contributed by atoms with Crippen LogP contribution in [0.4, 0.5) is 0 Å². The highest BCUT2D eigenvalue weighted by Gasteiger charge is 2.08. The van der Waals surface area contributed by atoms with E-state index < -0.39 is 0 Å². The molecule has 0 fully saturated rings. The summed E-state index contributed by atoms with van der Waals surface area (Å²) in [4.78, 5) is 11.3. The second kappa shape index (κ2) is 5.55. The summed E-state index contributed by atoms with van der Waals surface area (Å²) in [5.74, 6) is 5.71. The van der Waals surface area contributed by atoms with Crippen molar-refractivity contribution in [3.8, 4) is 5.75 Å². The average molecular weight is 247 g/mol. The summed E-state index contributed by atoms with van der Waals surface area (Å²) in [6.07, 6.45) is 2.82. The molecule has 0 saturated carbocycles. The average Bonchev–Trinajstić information content (AvgIpc) is 2.80. The Bertz CT molecular complexity index is 548. The molecule has 5 nitrogen and oxygen atoms in total. The Balaban J connectivity index is 2.32. The van der Waals surface area contributed by atoms with Crippen molar-refractivity contribution >= 4 is 16.8 Å². The third-order valence-electron chi connectivity index (χ3n) is 2.71. The number of ether oxygens (including phenoxy) is 1. The van der Waals surface area contributed by atoms with Gasteiger partial charge in [-0.25, -0.2) is 5.84 Å². The van der Waals surface area contributed by atoms with E-state index in [9.17, 15) is 4.79 Å². The second-order valence-electron chi connectivity index (χ2n) is 4.05. The molecule has 0 aliphatic heterocycles. The molecule has 0 aliphatic rings. The minimum Gasteiger partial charge on any atom is -0.493 e. The maximum atomic E-state index is 11.3. The van der Waals surface area contributed by atoms with Gasteiger partial charge in [-0.1, -0.05) is 13.0 Å². The van der Waals surface area contributed by atoms with Gasteiger partial charge in [0.2, 0.25) is 0 Å². The lowest BCUT2D eigenvalue weighted by molar-refractivity contribution is -0.121. The maximum absolute atomic E-state index is 11.3. The third kappa shape index (κ3) is 2.46. The van der Waals surface area contributed by atoms with Crippen molar-refractivity contribution in [1.29, 1.82) is 0 Å². The van der Waals surface area contributed by atoms with Gasteiger partial charge in [0, 0.05) is 11.6 Å². The zero-order chi connectivity index (χ0) is 13.0. The second-order valence-corrected chi connectivity index (χ2v) is 4.05. The Morgan fingerprint density at radius 2 is 2.28 bits per heavy atom. The van der Waals surface area contributed by atoms with Crippen molar-refractivity contribution in [2.45, 2.75) is 19.9 Å². The predicted molar refractivity (Wildman–Crippen MR) is 70.1 cm³/mol. The van der Waals surface area contributed by atoms with Gasteiger partial charge in [-0.05, 0) is 24.6 Å². The molecular weight excluding hydrogens is 230 g/mol. The normalized spacial score (nSPS) is 10.6. The number of benzene rings is 1. The van der Waals surface area contributed by atoms with Crippen molar-refractivity contribution in [2.75, 3.05) is 6.61 Å². The Hall–Kier alpha value is -2.01. The Labute approximate surface area is 105 Å². The molecule has 3 N–H and O–H groups in total. The summed E-state index contributed by atoms with van der Waals surface area (Å²) >= 11 is 0. The lowest BCUT2D eigenvalue weighted by atomic mass is 10.2. The summed E-state index contributed by atoms with van der Waals surface area (Å²) in [5, 5.41) is 1.01. The fourth-order valence-corrected chi connectivity index (χ4v) is 1.87. The molecule has 18 heavy (non-hydrogen) atoms. The van der Waals surface area contributed by atoms with Crippen LogP contribution in [-0.4, -0.2) is 17.1 Å². The number of rotatable bonds is 5. The van der Waals surface area contributed by atoms with Crippen LogP contribution in [0.25, 0.3) is 10.9 Å². The fourth-order valence-electron chi connectivity index (χ4n) is 1.87. The molecule has 1 aromatic carbocycles. The molecule has 1 aromatic heterocycles. The van der Waals surface area contributed by atoms with Gasteiger partial charge >= 0.3 is 0 Å². The Kier molecular flexibility index (Phi) is 3.84. The molecule has 2 rings (SSSR count). The van der Waals surface area contributed by atoms with Crippen LogP contribution in [0.5, 0.6) is 5.75 Å². The van der Waals surface area contributed by atoms with E-state index in [1.54, 1.807) is 0 Å². The lowest BCUT2D eigenvalue weighted by Gasteiger charge is -2.07. The van der Waals surface area contributed by atoms with Gasteiger partial charge in [0.1, 0.15) is 12.3 Å². The number of hydrogen-bond donors (Lipinski definition) is 2. The van der Waals surface area contributed by atoms with Crippen molar-refractivity contribution < 1.29 is 9.53 Å². The molecule has 0 bridgehead atoms. The molecule has 0 saturated heterocycles. The van der Waals surface area contributed by atoms with Crippen LogP contribution in [0.1, 0.15) is 13.3 Å². The lowest BCUT2D eigenvalue weighted by Crippen LogP contribution is -2.33. The first-order chi connectivity index (χ1) is 8.76. The van der Waals surface area contributed by atoms with E-state index in [4.69, 9.17) is 10.6 Å². The van der Waals surface area contributed by atoms with E-state index in [1.807, 2.05) is 35.0 Å². The number of carbonyl (C=O) groups is 1. The van der Waals surface area contributed by atoms with E-state index in [-0.39, 0.29) is 12.5 Å². The summed E-state index contributed by atoms with van der Waals surface area (Å²) in [5.41, 5.74) is 3.09. The van der Waals surface area contributed by atoms with E-state index in [0.717, 1.165) is 23.1 Å². The van der Waals surface area contributed by atoms with Crippen LogP contribution >= 0.6 is 0 Å². The van der Waals surface area contributed by atoms with Gasteiger partial charge in [-0.15, -0.1) is 0 Å². The van der Waals surface area contributed by atoms with Gasteiger partial charge < -0.3 is 9.30 Å². The minimum atomic E-state index is -0.229. The molecule has 0 atom stereocenters. The highest BCUT2D eigenvalue weighted by atomic mass is 16.5. The van der Waals surface area contributed by atoms with Crippen LogP contribution in [0.3, 0.4) is 0 Å².